The summed E-state index contributed by atoms with van der Waals surface area (Å²) in [5.74, 6) is 0.139. The Kier molecular flexibility index (Phi) is 3.82. The van der Waals surface area contributed by atoms with Crippen molar-refractivity contribution in [2.75, 3.05) is 7.11 Å². The first-order valence-electron chi connectivity index (χ1n) is 3.96. The first-order chi connectivity index (χ1) is 6.99. The molecule has 15 heavy (non-hydrogen) atoms. The summed E-state index contributed by atoms with van der Waals surface area (Å²) in [5.41, 5.74) is -0.833. The highest BCUT2D eigenvalue weighted by Gasteiger charge is 2.33. The van der Waals surface area contributed by atoms with Gasteiger partial charge in [-0.3, -0.25) is 4.29 Å². The average molecular weight is 241 g/mol. The number of methoxy groups -OCH3 is 1. The van der Waals surface area contributed by atoms with Crippen molar-refractivity contribution in [3.8, 4) is 5.75 Å². The Morgan fingerprint density at radius 2 is 2.00 bits per heavy atom. The van der Waals surface area contributed by atoms with Crippen LogP contribution in [0.1, 0.15) is 11.1 Å². The van der Waals surface area contributed by atoms with Crippen molar-refractivity contribution in [3.05, 3.63) is 29.3 Å². The van der Waals surface area contributed by atoms with Crippen molar-refractivity contribution in [2.45, 2.75) is 12.8 Å². The molecule has 0 atom stereocenters. The number of ether oxygens (including phenoxy) is 1. The third-order valence-electron chi connectivity index (χ3n) is 1.83. The molecule has 0 N–H and O–H groups in total. The second-order valence-corrected chi connectivity index (χ2v) is 2.99. The second-order valence-electron chi connectivity index (χ2n) is 2.77. The van der Waals surface area contributed by atoms with E-state index in [1.807, 2.05) is 0 Å². The van der Waals surface area contributed by atoms with Crippen LogP contribution < -0.4 is 4.74 Å². The van der Waals surface area contributed by atoms with Crippen molar-refractivity contribution < 1.29 is 22.2 Å². The molecule has 0 amide bonds. The molecule has 0 aliphatic carbocycles. The standard InChI is InChI=1S/C9H8ClF3O2/c1-14-7-3-2-6(5-15-10)8(4-7)9(11,12)13/h2-4H,5H2,1H3. The van der Waals surface area contributed by atoms with Crippen LogP contribution in [0.4, 0.5) is 13.2 Å². The lowest BCUT2D eigenvalue weighted by atomic mass is 10.1. The molecular weight excluding hydrogens is 233 g/mol. The van der Waals surface area contributed by atoms with E-state index in [0.29, 0.717) is 0 Å². The minimum atomic E-state index is -4.45. The third kappa shape index (κ3) is 3.00. The van der Waals surface area contributed by atoms with E-state index in [9.17, 15) is 13.2 Å². The summed E-state index contributed by atoms with van der Waals surface area (Å²) in [5, 5.41) is 0. The molecule has 0 aliphatic rings. The van der Waals surface area contributed by atoms with Crippen molar-refractivity contribution in [2.24, 2.45) is 0 Å². The van der Waals surface area contributed by atoms with Gasteiger partial charge in [0.15, 0.2) is 0 Å². The maximum Gasteiger partial charge on any atom is 0.416 e. The zero-order chi connectivity index (χ0) is 11.5. The molecule has 0 spiro atoms. The molecule has 6 heteroatoms. The zero-order valence-corrected chi connectivity index (χ0v) is 8.52. The molecule has 0 radical (unpaired) electrons. The molecule has 0 aliphatic heterocycles. The Balaban J connectivity index is 3.16. The number of halogens is 4. The van der Waals surface area contributed by atoms with Crippen LogP contribution in [0, 0.1) is 0 Å². The van der Waals surface area contributed by atoms with Gasteiger partial charge in [0.1, 0.15) is 5.75 Å². The minimum Gasteiger partial charge on any atom is -0.497 e. The summed E-state index contributed by atoms with van der Waals surface area (Å²) >= 11 is 4.93. The number of hydrogen-bond acceptors (Lipinski definition) is 2. The fourth-order valence-corrected chi connectivity index (χ4v) is 1.25. The fourth-order valence-electron chi connectivity index (χ4n) is 1.13. The highest BCUT2D eigenvalue weighted by atomic mass is 35.5. The Morgan fingerprint density at radius 1 is 1.33 bits per heavy atom. The monoisotopic (exact) mass is 240 g/mol. The first kappa shape index (κ1) is 12.1. The van der Waals surface area contributed by atoms with Gasteiger partial charge in [-0.15, -0.1) is 0 Å². The van der Waals surface area contributed by atoms with Crippen molar-refractivity contribution in [3.63, 3.8) is 0 Å². The largest absolute Gasteiger partial charge is 0.497 e. The van der Waals surface area contributed by atoms with Crippen LogP contribution in [0.25, 0.3) is 0 Å². The van der Waals surface area contributed by atoms with Gasteiger partial charge in [-0.1, -0.05) is 6.07 Å². The Labute approximate surface area is 89.7 Å². The van der Waals surface area contributed by atoms with Crippen LogP contribution in [0.2, 0.25) is 0 Å². The van der Waals surface area contributed by atoms with Crippen molar-refractivity contribution >= 4 is 11.9 Å². The molecule has 0 unspecified atom stereocenters. The summed E-state index contributed by atoms with van der Waals surface area (Å²) in [4.78, 5) is 0. The van der Waals surface area contributed by atoms with Gasteiger partial charge in [0.2, 0.25) is 0 Å². The lowest BCUT2D eigenvalue weighted by molar-refractivity contribution is -0.138. The van der Waals surface area contributed by atoms with Gasteiger partial charge >= 0.3 is 6.18 Å². The highest BCUT2D eigenvalue weighted by Crippen LogP contribution is 2.34. The van der Waals surface area contributed by atoms with Crippen LogP contribution >= 0.6 is 11.9 Å². The molecule has 1 rings (SSSR count). The maximum atomic E-state index is 12.5. The third-order valence-corrected chi connectivity index (χ3v) is 1.94. The van der Waals surface area contributed by atoms with Gasteiger partial charge in [0, 0.05) is 0 Å². The van der Waals surface area contributed by atoms with E-state index in [2.05, 4.69) is 4.29 Å². The number of hydrogen-bond donors (Lipinski definition) is 0. The van der Waals surface area contributed by atoms with E-state index in [-0.39, 0.29) is 17.9 Å². The molecule has 2 nitrogen and oxygen atoms in total. The molecule has 0 bridgehead atoms. The summed E-state index contributed by atoms with van der Waals surface area (Å²) < 4.78 is 46.5. The molecule has 0 saturated heterocycles. The van der Waals surface area contributed by atoms with Gasteiger partial charge in [-0.05, 0) is 17.7 Å². The van der Waals surface area contributed by atoms with E-state index in [1.54, 1.807) is 0 Å². The Bertz CT molecular complexity index is 339. The summed E-state index contributed by atoms with van der Waals surface area (Å²) in [6.07, 6.45) is -4.45. The summed E-state index contributed by atoms with van der Waals surface area (Å²) in [6.45, 7) is -0.305. The van der Waals surface area contributed by atoms with Crippen molar-refractivity contribution in [1.29, 1.82) is 0 Å². The predicted octanol–water partition coefficient (Wildman–Crippen LogP) is 3.38. The van der Waals surface area contributed by atoms with E-state index < -0.39 is 11.7 Å². The van der Waals surface area contributed by atoms with Crippen LogP contribution in [-0.2, 0) is 17.1 Å². The molecule has 1 aromatic rings. The summed E-state index contributed by atoms with van der Waals surface area (Å²) in [6, 6.07) is 3.59. The quantitative estimate of drug-likeness (QED) is 0.806. The first-order valence-corrected chi connectivity index (χ1v) is 4.27. The smallest absolute Gasteiger partial charge is 0.416 e. The Hall–Kier alpha value is -0.940. The number of benzene rings is 1. The number of rotatable bonds is 3. The van der Waals surface area contributed by atoms with Crippen LogP contribution in [0.5, 0.6) is 5.75 Å². The zero-order valence-electron chi connectivity index (χ0n) is 7.77. The van der Waals surface area contributed by atoms with E-state index in [1.165, 1.54) is 19.2 Å². The van der Waals surface area contributed by atoms with Gasteiger partial charge in [0.05, 0.1) is 31.1 Å². The van der Waals surface area contributed by atoms with Gasteiger partial charge < -0.3 is 4.74 Å². The lowest BCUT2D eigenvalue weighted by Crippen LogP contribution is -2.09. The molecule has 0 fully saturated rings. The molecular formula is C9H8ClF3O2. The van der Waals surface area contributed by atoms with Crippen LogP contribution in [-0.4, -0.2) is 7.11 Å². The van der Waals surface area contributed by atoms with Crippen LogP contribution in [0.3, 0.4) is 0 Å². The summed E-state index contributed by atoms with van der Waals surface area (Å²) in [7, 11) is 1.30. The van der Waals surface area contributed by atoms with Crippen LogP contribution in [0.15, 0.2) is 18.2 Å². The van der Waals surface area contributed by atoms with E-state index in [0.717, 1.165) is 6.07 Å². The van der Waals surface area contributed by atoms with E-state index in [4.69, 9.17) is 16.6 Å². The molecule has 0 aromatic heterocycles. The molecule has 0 saturated carbocycles. The molecule has 84 valence electrons. The van der Waals surface area contributed by atoms with Crippen molar-refractivity contribution in [1.82, 2.24) is 0 Å². The SMILES string of the molecule is COc1ccc(COCl)c(C(F)(F)F)c1. The average Bonchev–Trinajstić information content (AvgIpc) is 2.17. The van der Waals surface area contributed by atoms with Gasteiger partial charge in [-0.2, -0.15) is 13.2 Å². The van der Waals surface area contributed by atoms with E-state index >= 15 is 0 Å². The Morgan fingerprint density at radius 3 is 2.47 bits per heavy atom. The molecule has 0 heterocycles. The maximum absolute atomic E-state index is 12.5. The topological polar surface area (TPSA) is 18.5 Å². The van der Waals surface area contributed by atoms with Gasteiger partial charge in [0.25, 0.3) is 0 Å². The number of alkyl halides is 3. The second kappa shape index (κ2) is 4.72. The predicted molar refractivity (Wildman–Crippen MR) is 48.6 cm³/mol. The van der Waals surface area contributed by atoms with Gasteiger partial charge in [-0.25, -0.2) is 0 Å². The highest BCUT2D eigenvalue weighted by molar-refractivity contribution is 6.07. The lowest BCUT2D eigenvalue weighted by Gasteiger charge is -2.12. The molecule has 1 aromatic carbocycles. The fraction of sp³-hybridized carbons (Fsp3) is 0.333. The minimum absolute atomic E-state index is 0.0294. The normalized spacial score (nSPS) is 11.5.